The van der Waals surface area contributed by atoms with E-state index in [-0.39, 0.29) is 29.1 Å². The fourth-order valence-electron chi connectivity index (χ4n) is 3.00. The van der Waals surface area contributed by atoms with Gasteiger partial charge in [-0.1, -0.05) is 12.1 Å². The maximum Gasteiger partial charge on any atom is 0.123 e. The molecule has 1 aliphatic rings. The van der Waals surface area contributed by atoms with Crippen LogP contribution >= 0.6 is 0 Å². The highest BCUT2D eigenvalue weighted by Gasteiger charge is 2.46. The van der Waals surface area contributed by atoms with Crippen molar-refractivity contribution in [2.45, 2.75) is 64.3 Å². The van der Waals surface area contributed by atoms with Crippen molar-refractivity contribution in [2.24, 2.45) is 0 Å². The highest BCUT2D eigenvalue weighted by Crippen LogP contribution is 2.38. The molecule has 2 nitrogen and oxygen atoms in total. The summed E-state index contributed by atoms with van der Waals surface area (Å²) in [4.78, 5) is 0. The van der Waals surface area contributed by atoms with Gasteiger partial charge in [-0.3, -0.25) is 0 Å². The first-order valence-electron chi connectivity index (χ1n) is 6.91. The Morgan fingerprint density at radius 3 is 2.53 bits per heavy atom. The summed E-state index contributed by atoms with van der Waals surface area (Å²) >= 11 is 0. The Kier molecular flexibility index (Phi) is 3.72. The number of rotatable bonds is 3. The van der Waals surface area contributed by atoms with Crippen molar-refractivity contribution in [1.29, 1.82) is 0 Å². The van der Waals surface area contributed by atoms with E-state index >= 15 is 0 Å². The summed E-state index contributed by atoms with van der Waals surface area (Å²) in [6.45, 7) is 10.5. The summed E-state index contributed by atoms with van der Waals surface area (Å²) in [5, 5.41) is 3.58. The summed E-state index contributed by atoms with van der Waals surface area (Å²) in [6, 6.07) is 7.14. The highest BCUT2D eigenvalue weighted by atomic mass is 19.1. The first-order chi connectivity index (χ1) is 8.70. The van der Waals surface area contributed by atoms with Gasteiger partial charge in [0.2, 0.25) is 0 Å². The van der Waals surface area contributed by atoms with Crippen molar-refractivity contribution < 1.29 is 9.13 Å². The molecule has 0 spiro atoms. The SMILES string of the molecule is C[C@@H](NC1CC(C)(C)OC1(C)C)c1cccc(F)c1. The monoisotopic (exact) mass is 265 g/mol. The molecule has 1 saturated heterocycles. The Bertz CT molecular complexity index is 456. The molecule has 0 amide bonds. The molecule has 1 aromatic rings. The van der Waals surface area contributed by atoms with Gasteiger partial charge in [0.15, 0.2) is 0 Å². The van der Waals surface area contributed by atoms with Gasteiger partial charge in [0, 0.05) is 12.1 Å². The van der Waals surface area contributed by atoms with Gasteiger partial charge in [0.05, 0.1) is 11.2 Å². The Hall–Kier alpha value is -0.930. The summed E-state index contributed by atoms with van der Waals surface area (Å²) in [5.41, 5.74) is 0.661. The van der Waals surface area contributed by atoms with E-state index in [4.69, 9.17) is 4.74 Å². The lowest BCUT2D eigenvalue weighted by atomic mass is 9.93. The molecular weight excluding hydrogens is 241 g/mol. The van der Waals surface area contributed by atoms with Crippen LogP contribution in [0.5, 0.6) is 0 Å². The Morgan fingerprint density at radius 2 is 2.00 bits per heavy atom. The van der Waals surface area contributed by atoms with Crippen LogP contribution in [0.4, 0.5) is 4.39 Å². The van der Waals surface area contributed by atoms with Crippen LogP contribution in [0.1, 0.15) is 52.6 Å². The minimum absolute atomic E-state index is 0.108. The average molecular weight is 265 g/mol. The van der Waals surface area contributed by atoms with Gasteiger partial charge < -0.3 is 10.1 Å². The first-order valence-corrected chi connectivity index (χ1v) is 6.91. The van der Waals surface area contributed by atoms with E-state index in [1.807, 2.05) is 6.07 Å². The van der Waals surface area contributed by atoms with Crippen LogP contribution in [0.2, 0.25) is 0 Å². The molecule has 1 heterocycles. The molecular formula is C16H24FNO. The number of hydrogen-bond donors (Lipinski definition) is 1. The first kappa shape index (κ1) is 14.5. The highest BCUT2D eigenvalue weighted by molar-refractivity contribution is 5.20. The third kappa shape index (κ3) is 3.34. The van der Waals surface area contributed by atoms with E-state index in [2.05, 4.69) is 39.9 Å². The number of benzene rings is 1. The molecule has 19 heavy (non-hydrogen) atoms. The molecule has 1 N–H and O–H groups in total. The van der Waals surface area contributed by atoms with Crippen LogP contribution in [0.25, 0.3) is 0 Å². The fraction of sp³-hybridized carbons (Fsp3) is 0.625. The third-order valence-corrected chi connectivity index (χ3v) is 3.87. The van der Waals surface area contributed by atoms with Crippen molar-refractivity contribution in [2.75, 3.05) is 0 Å². The van der Waals surface area contributed by atoms with Crippen LogP contribution < -0.4 is 5.32 Å². The molecule has 0 aliphatic carbocycles. The fourth-order valence-corrected chi connectivity index (χ4v) is 3.00. The molecule has 1 aromatic carbocycles. The smallest absolute Gasteiger partial charge is 0.123 e. The molecule has 2 atom stereocenters. The maximum absolute atomic E-state index is 13.3. The van der Waals surface area contributed by atoms with Crippen molar-refractivity contribution in [3.05, 3.63) is 35.6 Å². The average Bonchev–Trinajstić information content (AvgIpc) is 2.46. The van der Waals surface area contributed by atoms with E-state index in [0.717, 1.165) is 12.0 Å². The standard InChI is InChI=1S/C16H24FNO/c1-11(12-7-6-8-13(17)9-12)18-14-10-15(2,3)19-16(14,4)5/h6-9,11,14,18H,10H2,1-5H3/t11-,14?/m1/s1. The normalized spacial score (nSPS) is 26.3. The van der Waals surface area contributed by atoms with Crippen molar-refractivity contribution in [1.82, 2.24) is 5.32 Å². The number of nitrogens with one attached hydrogen (secondary N) is 1. The quantitative estimate of drug-likeness (QED) is 0.897. The molecule has 0 bridgehead atoms. The minimum atomic E-state index is -0.203. The summed E-state index contributed by atoms with van der Waals surface area (Å²) in [5.74, 6) is -0.187. The lowest BCUT2D eigenvalue weighted by molar-refractivity contribution is -0.0703. The van der Waals surface area contributed by atoms with Gasteiger partial charge >= 0.3 is 0 Å². The molecule has 106 valence electrons. The van der Waals surface area contributed by atoms with Crippen molar-refractivity contribution >= 4 is 0 Å². The molecule has 1 fully saturated rings. The van der Waals surface area contributed by atoms with Crippen LogP contribution in [0, 0.1) is 5.82 Å². The molecule has 1 unspecified atom stereocenters. The third-order valence-electron chi connectivity index (χ3n) is 3.87. The van der Waals surface area contributed by atoms with Gasteiger partial charge in [0.25, 0.3) is 0 Å². The van der Waals surface area contributed by atoms with Crippen LogP contribution in [0.15, 0.2) is 24.3 Å². The zero-order valence-corrected chi connectivity index (χ0v) is 12.5. The Balaban J connectivity index is 2.09. The topological polar surface area (TPSA) is 21.3 Å². The van der Waals surface area contributed by atoms with Gasteiger partial charge in [-0.05, 0) is 58.7 Å². The Morgan fingerprint density at radius 1 is 1.32 bits per heavy atom. The zero-order chi connectivity index (χ0) is 14.3. The molecule has 1 aliphatic heterocycles. The zero-order valence-electron chi connectivity index (χ0n) is 12.5. The van der Waals surface area contributed by atoms with Crippen LogP contribution in [-0.2, 0) is 4.74 Å². The number of hydrogen-bond acceptors (Lipinski definition) is 2. The van der Waals surface area contributed by atoms with Gasteiger partial charge in [-0.2, -0.15) is 0 Å². The molecule has 2 rings (SSSR count). The van der Waals surface area contributed by atoms with Gasteiger partial charge in [0.1, 0.15) is 5.82 Å². The van der Waals surface area contributed by atoms with E-state index < -0.39 is 0 Å². The maximum atomic E-state index is 13.3. The van der Waals surface area contributed by atoms with E-state index in [1.165, 1.54) is 6.07 Å². The number of halogens is 1. The summed E-state index contributed by atoms with van der Waals surface area (Å²) in [6.07, 6.45) is 0.958. The summed E-state index contributed by atoms with van der Waals surface area (Å²) in [7, 11) is 0. The van der Waals surface area contributed by atoms with Gasteiger partial charge in [-0.15, -0.1) is 0 Å². The lowest BCUT2D eigenvalue weighted by Crippen LogP contribution is -2.44. The predicted octanol–water partition coefficient (Wildman–Crippen LogP) is 3.82. The van der Waals surface area contributed by atoms with E-state index in [0.29, 0.717) is 0 Å². The molecule has 3 heteroatoms. The number of ether oxygens (including phenoxy) is 1. The predicted molar refractivity (Wildman–Crippen MR) is 75.6 cm³/mol. The van der Waals surface area contributed by atoms with E-state index in [1.54, 1.807) is 12.1 Å². The molecule has 0 aromatic heterocycles. The van der Waals surface area contributed by atoms with Crippen LogP contribution in [-0.4, -0.2) is 17.2 Å². The largest absolute Gasteiger partial charge is 0.368 e. The van der Waals surface area contributed by atoms with Gasteiger partial charge in [-0.25, -0.2) is 4.39 Å². The molecule has 0 saturated carbocycles. The van der Waals surface area contributed by atoms with Crippen molar-refractivity contribution in [3.63, 3.8) is 0 Å². The second-order valence-electron chi connectivity index (χ2n) is 6.67. The van der Waals surface area contributed by atoms with Crippen LogP contribution in [0.3, 0.4) is 0 Å². The minimum Gasteiger partial charge on any atom is -0.368 e. The second-order valence-corrected chi connectivity index (χ2v) is 6.67. The lowest BCUT2D eigenvalue weighted by Gasteiger charge is -2.30. The summed E-state index contributed by atoms with van der Waals surface area (Å²) < 4.78 is 19.3. The second kappa shape index (κ2) is 4.88. The van der Waals surface area contributed by atoms with Crippen molar-refractivity contribution in [3.8, 4) is 0 Å². The Labute approximate surface area is 115 Å². The van der Waals surface area contributed by atoms with E-state index in [9.17, 15) is 4.39 Å². The molecule has 0 radical (unpaired) electrons.